The Morgan fingerprint density at radius 1 is 0.959 bits per heavy atom. The van der Waals surface area contributed by atoms with Gasteiger partial charge in [0.1, 0.15) is 18.4 Å². The molecule has 10 heteroatoms. The molecule has 49 heavy (non-hydrogen) atoms. The van der Waals surface area contributed by atoms with Gasteiger partial charge in [-0.05, 0) is 86.9 Å². The summed E-state index contributed by atoms with van der Waals surface area (Å²) in [6.07, 6.45) is 1.62. The molecule has 5 aromatic rings. The lowest BCUT2D eigenvalue weighted by molar-refractivity contribution is -0.139. The molecule has 0 saturated heterocycles. The smallest absolute Gasteiger partial charge is 0.338 e. The van der Waals surface area contributed by atoms with E-state index in [1.165, 1.54) is 11.3 Å². The van der Waals surface area contributed by atoms with Gasteiger partial charge >= 0.3 is 5.97 Å². The van der Waals surface area contributed by atoms with Crippen LogP contribution in [-0.2, 0) is 16.1 Å². The molecule has 1 aliphatic heterocycles. The first-order valence-corrected chi connectivity index (χ1v) is 17.4. The summed E-state index contributed by atoms with van der Waals surface area (Å²) in [7, 11) is 0. The zero-order valence-corrected chi connectivity index (χ0v) is 29.6. The van der Waals surface area contributed by atoms with Gasteiger partial charge in [-0.2, -0.15) is 0 Å². The number of thiazole rings is 1. The highest BCUT2D eigenvalue weighted by Crippen LogP contribution is 2.38. The first-order valence-electron chi connectivity index (χ1n) is 16.2. The number of nitrogens with zero attached hydrogens (tertiary/aromatic N) is 2. The van der Waals surface area contributed by atoms with Gasteiger partial charge < -0.3 is 18.9 Å². The Bertz CT molecular complexity index is 2250. The Morgan fingerprint density at radius 3 is 2.47 bits per heavy atom. The Hall–Kier alpha value is -4.86. The van der Waals surface area contributed by atoms with E-state index in [-0.39, 0.29) is 23.8 Å². The van der Waals surface area contributed by atoms with E-state index in [0.717, 1.165) is 16.3 Å². The highest BCUT2D eigenvalue weighted by atomic mass is 35.5. The molecular formula is C39H37ClN2O6S. The van der Waals surface area contributed by atoms with Crippen LogP contribution in [0.5, 0.6) is 17.2 Å². The van der Waals surface area contributed by atoms with Crippen LogP contribution in [0.25, 0.3) is 16.8 Å². The van der Waals surface area contributed by atoms with Crippen molar-refractivity contribution in [3.05, 3.63) is 132 Å². The summed E-state index contributed by atoms with van der Waals surface area (Å²) in [4.78, 5) is 32.8. The SMILES string of the molecule is CCOC(=O)C1=C(C)N=c2s/c(=C/c3cc(Cl)c(OCc4ccc5ccccc5c4)c(OCC)c3)c(=O)n2[C@@H]1c1ccccc1OC(C)C. The fourth-order valence-corrected chi connectivity index (χ4v) is 7.18. The van der Waals surface area contributed by atoms with Gasteiger partial charge in [0, 0.05) is 5.56 Å². The summed E-state index contributed by atoms with van der Waals surface area (Å²) in [5.74, 6) is 0.926. The number of esters is 1. The van der Waals surface area contributed by atoms with Gasteiger partial charge in [0.25, 0.3) is 5.56 Å². The second-order valence-electron chi connectivity index (χ2n) is 11.7. The maximum Gasteiger partial charge on any atom is 0.338 e. The molecule has 6 rings (SSSR count). The zero-order chi connectivity index (χ0) is 34.7. The van der Waals surface area contributed by atoms with E-state index in [2.05, 4.69) is 24.3 Å². The Labute approximate surface area is 293 Å². The van der Waals surface area contributed by atoms with Crippen LogP contribution in [0.3, 0.4) is 0 Å². The van der Waals surface area contributed by atoms with Crippen molar-refractivity contribution in [1.29, 1.82) is 0 Å². The summed E-state index contributed by atoms with van der Waals surface area (Å²) in [5.41, 5.74) is 2.76. The standard InChI is InChI=1S/C39H37ClN2O6S/c1-6-45-32-20-26(19-30(40)36(32)47-22-25-16-17-27-12-8-9-13-28(27)18-25)21-33-37(43)42-35(29-14-10-11-15-31(29)48-23(3)4)34(38(44)46-7-2)24(5)41-39(42)49-33/h8-21,23,35H,6-7,22H2,1-5H3/b33-21+/t35-/m1/s1. The van der Waals surface area contributed by atoms with Crippen molar-refractivity contribution in [3.63, 3.8) is 0 Å². The molecule has 1 aromatic heterocycles. The molecule has 0 amide bonds. The van der Waals surface area contributed by atoms with Crippen molar-refractivity contribution in [1.82, 2.24) is 4.57 Å². The number of benzene rings is 4. The molecule has 1 aliphatic rings. The van der Waals surface area contributed by atoms with Gasteiger partial charge in [-0.3, -0.25) is 9.36 Å². The lowest BCUT2D eigenvalue weighted by Gasteiger charge is -2.26. The predicted octanol–water partition coefficient (Wildman–Crippen LogP) is 7.37. The summed E-state index contributed by atoms with van der Waals surface area (Å²) in [6.45, 7) is 10.1. The number of aromatic nitrogens is 1. The molecule has 0 spiro atoms. The highest BCUT2D eigenvalue weighted by molar-refractivity contribution is 7.07. The number of ether oxygens (including phenoxy) is 4. The minimum absolute atomic E-state index is 0.128. The van der Waals surface area contributed by atoms with Gasteiger partial charge in [0.2, 0.25) is 0 Å². The maximum atomic E-state index is 14.3. The van der Waals surface area contributed by atoms with Crippen molar-refractivity contribution in [2.45, 2.75) is 53.4 Å². The minimum Gasteiger partial charge on any atom is -0.491 e. The van der Waals surface area contributed by atoms with Crippen LogP contribution in [0.1, 0.15) is 57.4 Å². The summed E-state index contributed by atoms with van der Waals surface area (Å²) in [6, 6.07) is 24.5. The van der Waals surface area contributed by atoms with Gasteiger partial charge in [-0.25, -0.2) is 9.79 Å². The van der Waals surface area contributed by atoms with E-state index < -0.39 is 12.0 Å². The van der Waals surface area contributed by atoms with E-state index in [0.29, 0.717) is 61.6 Å². The number of allylic oxidation sites excluding steroid dienone is 1. The van der Waals surface area contributed by atoms with Gasteiger partial charge in [-0.15, -0.1) is 0 Å². The predicted molar refractivity (Wildman–Crippen MR) is 194 cm³/mol. The van der Waals surface area contributed by atoms with Crippen LogP contribution in [0, 0.1) is 0 Å². The molecular weight excluding hydrogens is 660 g/mol. The molecule has 0 fully saturated rings. The van der Waals surface area contributed by atoms with Crippen LogP contribution in [0.2, 0.25) is 5.02 Å². The second-order valence-corrected chi connectivity index (χ2v) is 13.2. The van der Waals surface area contributed by atoms with Crippen LogP contribution in [-0.4, -0.2) is 29.9 Å². The molecule has 0 unspecified atom stereocenters. The lowest BCUT2D eigenvalue weighted by Crippen LogP contribution is -2.40. The largest absolute Gasteiger partial charge is 0.491 e. The third-order valence-corrected chi connectivity index (χ3v) is 9.18. The van der Waals surface area contributed by atoms with E-state index in [4.69, 9.17) is 35.5 Å². The lowest BCUT2D eigenvalue weighted by atomic mass is 9.95. The highest BCUT2D eigenvalue weighted by Gasteiger charge is 2.35. The van der Waals surface area contributed by atoms with Crippen molar-refractivity contribution in [3.8, 4) is 17.2 Å². The first kappa shape index (κ1) is 34.0. The molecule has 0 radical (unpaired) electrons. The quantitative estimate of drug-likeness (QED) is 0.134. The average Bonchev–Trinajstić information content (AvgIpc) is 3.37. The molecule has 0 saturated carbocycles. The van der Waals surface area contributed by atoms with Crippen LogP contribution >= 0.6 is 22.9 Å². The molecule has 1 atom stereocenters. The summed E-state index contributed by atoms with van der Waals surface area (Å²) < 4.78 is 25.7. The van der Waals surface area contributed by atoms with E-state index in [1.807, 2.05) is 69.3 Å². The molecule has 0 bridgehead atoms. The third kappa shape index (κ3) is 7.14. The fourth-order valence-electron chi connectivity index (χ4n) is 5.86. The first-order chi connectivity index (χ1) is 23.7. The molecule has 8 nitrogen and oxygen atoms in total. The van der Waals surface area contributed by atoms with Crippen molar-refractivity contribution < 1.29 is 23.7 Å². The van der Waals surface area contributed by atoms with Crippen molar-refractivity contribution in [2.75, 3.05) is 13.2 Å². The maximum absolute atomic E-state index is 14.3. The van der Waals surface area contributed by atoms with E-state index >= 15 is 0 Å². The molecule has 4 aromatic carbocycles. The second kappa shape index (κ2) is 14.7. The van der Waals surface area contributed by atoms with Crippen molar-refractivity contribution >= 4 is 45.8 Å². The Kier molecular flexibility index (Phi) is 10.2. The number of halogens is 1. The number of carbonyl (C=O) groups is 1. The zero-order valence-electron chi connectivity index (χ0n) is 28.0. The average molecular weight is 697 g/mol. The van der Waals surface area contributed by atoms with Gasteiger partial charge in [-0.1, -0.05) is 77.5 Å². The topological polar surface area (TPSA) is 88.4 Å². The number of hydrogen-bond acceptors (Lipinski definition) is 8. The Morgan fingerprint density at radius 2 is 1.71 bits per heavy atom. The summed E-state index contributed by atoms with van der Waals surface area (Å²) >= 11 is 8.04. The van der Waals surface area contributed by atoms with E-state index in [1.54, 1.807) is 30.6 Å². The van der Waals surface area contributed by atoms with Crippen LogP contribution in [0.4, 0.5) is 0 Å². The van der Waals surface area contributed by atoms with Gasteiger partial charge in [0.05, 0.1) is 40.1 Å². The number of fused-ring (bicyclic) bond motifs is 2. The number of para-hydroxylation sites is 1. The fraction of sp³-hybridized carbons (Fsp3) is 0.256. The third-order valence-electron chi connectivity index (χ3n) is 7.92. The molecule has 0 N–H and O–H groups in total. The Balaban J connectivity index is 1.41. The minimum atomic E-state index is -0.805. The molecule has 0 aliphatic carbocycles. The number of carbonyl (C=O) groups excluding carboxylic acids is 1. The summed E-state index contributed by atoms with van der Waals surface area (Å²) in [5, 5.41) is 2.63. The number of rotatable bonds is 11. The molecule has 2 heterocycles. The van der Waals surface area contributed by atoms with Crippen LogP contribution in [0.15, 0.2) is 99.9 Å². The normalized spacial score (nSPS) is 14.5. The van der Waals surface area contributed by atoms with Gasteiger partial charge in [0.15, 0.2) is 16.3 Å². The van der Waals surface area contributed by atoms with Crippen LogP contribution < -0.4 is 29.1 Å². The monoisotopic (exact) mass is 696 g/mol. The number of hydrogen-bond donors (Lipinski definition) is 0. The van der Waals surface area contributed by atoms with E-state index in [9.17, 15) is 9.59 Å². The van der Waals surface area contributed by atoms with Crippen molar-refractivity contribution in [2.24, 2.45) is 4.99 Å². The molecule has 252 valence electrons.